The van der Waals surface area contributed by atoms with Crippen LogP contribution in [0.15, 0.2) is 36.4 Å². The molecular formula is C20H24O6. The van der Waals surface area contributed by atoms with E-state index < -0.39 is 11.9 Å². The lowest BCUT2D eigenvalue weighted by molar-refractivity contribution is -0.138. The van der Waals surface area contributed by atoms with Crippen LogP contribution >= 0.6 is 0 Å². The number of hydrogen-bond donors (Lipinski definition) is 1. The normalized spacial score (nSPS) is 11.5. The first-order valence-corrected chi connectivity index (χ1v) is 8.28. The van der Waals surface area contributed by atoms with Gasteiger partial charge in [-0.15, -0.1) is 0 Å². The van der Waals surface area contributed by atoms with Crippen molar-refractivity contribution in [1.29, 1.82) is 0 Å². The van der Waals surface area contributed by atoms with Crippen LogP contribution < -0.4 is 18.9 Å². The van der Waals surface area contributed by atoms with Crippen molar-refractivity contribution in [2.45, 2.75) is 19.3 Å². The van der Waals surface area contributed by atoms with E-state index in [1.165, 1.54) is 14.2 Å². The van der Waals surface area contributed by atoms with E-state index in [1.54, 1.807) is 37.4 Å². The molecule has 0 aromatic heterocycles. The van der Waals surface area contributed by atoms with E-state index in [0.717, 1.165) is 5.56 Å². The molecule has 0 spiro atoms. The lowest BCUT2D eigenvalue weighted by Crippen LogP contribution is -2.15. The number of carboxylic acids is 1. The number of methoxy groups -OCH3 is 3. The summed E-state index contributed by atoms with van der Waals surface area (Å²) in [5, 5.41) is 9.76. The zero-order valence-corrected chi connectivity index (χ0v) is 15.4. The number of aliphatic carboxylic acids is 1. The molecule has 2 aromatic carbocycles. The van der Waals surface area contributed by atoms with Crippen molar-refractivity contribution in [1.82, 2.24) is 0 Å². The minimum absolute atomic E-state index is 0.282. The third-order valence-corrected chi connectivity index (χ3v) is 4.11. The smallest absolute Gasteiger partial charge is 0.311 e. The van der Waals surface area contributed by atoms with Crippen molar-refractivity contribution in [3.63, 3.8) is 0 Å². The lowest BCUT2D eigenvalue weighted by atomic mass is 9.91. The summed E-state index contributed by atoms with van der Waals surface area (Å²) in [6.45, 7) is 2.36. The fourth-order valence-electron chi connectivity index (χ4n) is 2.76. The molecule has 0 heterocycles. The third kappa shape index (κ3) is 4.39. The molecule has 140 valence electrons. The molecular weight excluding hydrogens is 336 g/mol. The fraction of sp³-hybridized carbons (Fsp3) is 0.350. The van der Waals surface area contributed by atoms with Gasteiger partial charge in [0.05, 0.1) is 33.9 Å². The molecule has 2 rings (SSSR count). The zero-order chi connectivity index (χ0) is 19.1. The summed E-state index contributed by atoms with van der Waals surface area (Å²) < 4.78 is 21.4. The maximum Gasteiger partial charge on any atom is 0.311 e. The Labute approximate surface area is 153 Å². The van der Waals surface area contributed by atoms with Crippen LogP contribution in [0.1, 0.15) is 24.0 Å². The number of rotatable bonds is 9. The van der Waals surface area contributed by atoms with Gasteiger partial charge in [0.2, 0.25) is 0 Å². The van der Waals surface area contributed by atoms with Crippen LogP contribution in [0.25, 0.3) is 0 Å². The van der Waals surface area contributed by atoms with Crippen LogP contribution in [0.2, 0.25) is 0 Å². The molecule has 0 radical (unpaired) electrons. The highest BCUT2D eigenvalue weighted by molar-refractivity contribution is 5.77. The molecule has 1 atom stereocenters. The van der Waals surface area contributed by atoms with Crippen LogP contribution in [0, 0.1) is 0 Å². The van der Waals surface area contributed by atoms with E-state index in [4.69, 9.17) is 18.9 Å². The molecule has 2 aromatic rings. The Kier molecular flexibility index (Phi) is 6.72. The first-order valence-electron chi connectivity index (χ1n) is 8.28. The van der Waals surface area contributed by atoms with Gasteiger partial charge in [0.1, 0.15) is 11.5 Å². The van der Waals surface area contributed by atoms with Gasteiger partial charge in [0.15, 0.2) is 11.5 Å². The molecule has 0 aliphatic carbocycles. The molecule has 26 heavy (non-hydrogen) atoms. The average molecular weight is 360 g/mol. The van der Waals surface area contributed by atoms with Gasteiger partial charge in [-0.1, -0.05) is 12.1 Å². The van der Waals surface area contributed by atoms with Crippen molar-refractivity contribution in [2.24, 2.45) is 0 Å². The van der Waals surface area contributed by atoms with Crippen LogP contribution in [0.4, 0.5) is 0 Å². The highest BCUT2D eigenvalue weighted by Gasteiger charge is 2.24. The highest BCUT2D eigenvalue weighted by atomic mass is 16.5. The molecule has 1 N–H and O–H groups in total. The number of hydrogen-bond acceptors (Lipinski definition) is 5. The predicted octanol–water partition coefficient (Wildman–Crippen LogP) is 3.52. The second-order valence-corrected chi connectivity index (χ2v) is 5.62. The van der Waals surface area contributed by atoms with Crippen molar-refractivity contribution >= 4 is 5.97 Å². The summed E-state index contributed by atoms with van der Waals surface area (Å²) in [7, 11) is 4.64. The third-order valence-electron chi connectivity index (χ3n) is 4.11. The quantitative estimate of drug-likeness (QED) is 0.737. The topological polar surface area (TPSA) is 74.2 Å². The summed E-state index contributed by atoms with van der Waals surface area (Å²) in [5.41, 5.74) is 1.43. The molecule has 0 saturated carbocycles. The van der Waals surface area contributed by atoms with E-state index in [1.807, 2.05) is 13.0 Å². The van der Waals surface area contributed by atoms with Crippen molar-refractivity contribution in [3.05, 3.63) is 47.5 Å². The van der Waals surface area contributed by atoms with E-state index in [2.05, 4.69) is 0 Å². The average Bonchev–Trinajstić information content (AvgIpc) is 2.66. The fourth-order valence-corrected chi connectivity index (χ4v) is 2.76. The van der Waals surface area contributed by atoms with E-state index >= 15 is 0 Å². The summed E-state index contributed by atoms with van der Waals surface area (Å²) >= 11 is 0. The van der Waals surface area contributed by atoms with E-state index in [0.29, 0.717) is 35.2 Å². The lowest BCUT2D eigenvalue weighted by Gasteiger charge is -2.18. The minimum atomic E-state index is -0.921. The van der Waals surface area contributed by atoms with Gasteiger partial charge in [-0.3, -0.25) is 4.79 Å². The standard InChI is InChI=1S/C20H24O6/c1-5-26-18-12-15(23-2)8-6-14(18)10-16(20(21)22)13-7-9-17(24-3)19(11-13)25-4/h6-9,11-12,16H,5,10H2,1-4H3,(H,21,22). The number of benzene rings is 2. The zero-order valence-electron chi connectivity index (χ0n) is 15.4. The van der Waals surface area contributed by atoms with Crippen LogP contribution in [-0.4, -0.2) is 39.0 Å². The Morgan fingerprint density at radius 1 is 0.962 bits per heavy atom. The molecule has 0 amide bonds. The second-order valence-electron chi connectivity index (χ2n) is 5.62. The van der Waals surface area contributed by atoms with Gasteiger partial charge in [-0.05, 0) is 42.7 Å². The van der Waals surface area contributed by atoms with Gasteiger partial charge in [-0.25, -0.2) is 0 Å². The molecule has 1 unspecified atom stereocenters. The van der Waals surface area contributed by atoms with Crippen LogP contribution in [0.5, 0.6) is 23.0 Å². The summed E-state index contributed by atoms with van der Waals surface area (Å²) in [6, 6.07) is 10.5. The molecule has 0 bridgehead atoms. The number of carbonyl (C=O) groups is 1. The Balaban J connectivity index is 2.39. The van der Waals surface area contributed by atoms with Crippen LogP contribution in [-0.2, 0) is 11.2 Å². The largest absolute Gasteiger partial charge is 0.497 e. The maximum absolute atomic E-state index is 11.9. The molecule has 6 heteroatoms. The van der Waals surface area contributed by atoms with Gasteiger partial charge in [-0.2, -0.15) is 0 Å². The van der Waals surface area contributed by atoms with Crippen molar-refractivity contribution < 1.29 is 28.8 Å². The summed E-state index contributed by atoms with van der Waals surface area (Å²) in [5.74, 6) is 0.669. The molecule has 0 aliphatic heterocycles. The van der Waals surface area contributed by atoms with Crippen molar-refractivity contribution in [3.8, 4) is 23.0 Å². The number of carboxylic acid groups (broad SMARTS) is 1. The molecule has 6 nitrogen and oxygen atoms in total. The first kappa shape index (κ1) is 19.4. The second kappa shape index (κ2) is 8.99. The Morgan fingerprint density at radius 2 is 1.69 bits per heavy atom. The van der Waals surface area contributed by atoms with E-state index in [-0.39, 0.29) is 6.42 Å². The monoisotopic (exact) mass is 360 g/mol. The molecule has 0 aliphatic rings. The summed E-state index contributed by atoms with van der Waals surface area (Å²) in [6.07, 6.45) is 0.282. The maximum atomic E-state index is 11.9. The van der Waals surface area contributed by atoms with Gasteiger partial charge in [0.25, 0.3) is 0 Å². The summed E-state index contributed by atoms with van der Waals surface area (Å²) in [4.78, 5) is 11.9. The van der Waals surface area contributed by atoms with Gasteiger partial charge in [0, 0.05) is 6.07 Å². The number of ether oxygens (including phenoxy) is 4. The Bertz CT molecular complexity index is 756. The minimum Gasteiger partial charge on any atom is -0.497 e. The highest BCUT2D eigenvalue weighted by Crippen LogP contribution is 2.34. The van der Waals surface area contributed by atoms with Gasteiger partial charge < -0.3 is 24.1 Å². The van der Waals surface area contributed by atoms with Gasteiger partial charge >= 0.3 is 5.97 Å². The van der Waals surface area contributed by atoms with Crippen molar-refractivity contribution in [2.75, 3.05) is 27.9 Å². The molecule has 0 saturated heterocycles. The SMILES string of the molecule is CCOc1cc(OC)ccc1CC(C(=O)O)c1ccc(OC)c(OC)c1. The van der Waals surface area contributed by atoms with Crippen LogP contribution in [0.3, 0.4) is 0 Å². The Morgan fingerprint density at radius 3 is 2.27 bits per heavy atom. The van der Waals surface area contributed by atoms with E-state index in [9.17, 15) is 9.90 Å². The first-order chi connectivity index (χ1) is 12.5. The predicted molar refractivity (Wildman–Crippen MR) is 97.8 cm³/mol. The molecule has 0 fully saturated rings. The Hall–Kier alpha value is -2.89.